The predicted molar refractivity (Wildman–Crippen MR) is 135 cm³/mol. The van der Waals surface area contributed by atoms with Crippen molar-refractivity contribution in [3.8, 4) is 5.75 Å². The van der Waals surface area contributed by atoms with Crippen molar-refractivity contribution in [1.82, 2.24) is 25.1 Å². The fourth-order valence-electron chi connectivity index (χ4n) is 4.46. The standard InChI is InChI=1S/C24H28N6O4S/c1-3-30(7-8-31)24(32)34-15-5-6-16-20(10-15)35-23-21(16)22(25-13-26-23)28-18-9-14-12-27-29-17(14)11-19(18)33-4-2/h9,11-13,15,31H,3-8,10H2,1-2H3,(H,27,29)(H,25,26,28). The topological polar surface area (TPSA) is 125 Å². The number of carbonyl (C=O) groups excluding carboxylic acids is 1. The quantitative estimate of drug-likeness (QED) is 0.334. The number of fused-ring (bicyclic) bond motifs is 4. The van der Waals surface area contributed by atoms with E-state index in [2.05, 4.69) is 25.5 Å². The van der Waals surface area contributed by atoms with Gasteiger partial charge in [-0.25, -0.2) is 14.8 Å². The SMILES string of the molecule is CCOc1cc2[nH]ncc2cc1Nc1ncnc2sc3c(c12)CCC(OC(=O)N(CC)CCO)C3. The lowest BCUT2D eigenvalue weighted by atomic mass is 9.94. The van der Waals surface area contributed by atoms with Crippen LogP contribution in [0.5, 0.6) is 5.75 Å². The summed E-state index contributed by atoms with van der Waals surface area (Å²) in [6.45, 7) is 5.05. The summed E-state index contributed by atoms with van der Waals surface area (Å²) in [5, 5.41) is 21.7. The Balaban J connectivity index is 1.42. The number of aromatic nitrogens is 4. The monoisotopic (exact) mass is 496 g/mol. The zero-order chi connectivity index (χ0) is 24.4. The third kappa shape index (κ3) is 4.61. The van der Waals surface area contributed by atoms with Crippen LogP contribution in [-0.4, -0.2) is 68.7 Å². The first-order valence-corrected chi connectivity index (χ1v) is 12.6. The minimum Gasteiger partial charge on any atom is -0.492 e. The average molecular weight is 497 g/mol. The molecule has 0 aliphatic heterocycles. The molecule has 1 aliphatic rings. The minimum absolute atomic E-state index is 0.0823. The number of ether oxygens (including phenoxy) is 2. The molecule has 0 saturated carbocycles. The smallest absolute Gasteiger partial charge is 0.410 e. The first-order chi connectivity index (χ1) is 17.1. The van der Waals surface area contributed by atoms with Gasteiger partial charge in [0, 0.05) is 35.8 Å². The maximum atomic E-state index is 12.5. The van der Waals surface area contributed by atoms with Crippen molar-refractivity contribution in [3.63, 3.8) is 0 Å². The van der Waals surface area contributed by atoms with Gasteiger partial charge >= 0.3 is 6.09 Å². The van der Waals surface area contributed by atoms with Gasteiger partial charge in [0.05, 0.1) is 36.0 Å². The van der Waals surface area contributed by atoms with Crippen LogP contribution in [0.2, 0.25) is 0 Å². The highest BCUT2D eigenvalue weighted by Crippen LogP contribution is 2.41. The average Bonchev–Trinajstić information content (AvgIpc) is 3.46. The van der Waals surface area contributed by atoms with Gasteiger partial charge in [0.1, 0.15) is 28.8 Å². The number of aliphatic hydroxyl groups excluding tert-OH is 1. The number of H-pyrrole nitrogens is 1. The van der Waals surface area contributed by atoms with E-state index in [-0.39, 0.29) is 25.3 Å². The van der Waals surface area contributed by atoms with E-state index < -0.39 is 0 Å². The number of thiophene rings is 1. The highest BCUT2D eigenvalue weighted by molar-refractivity contribution is 7.19. The number of nitrogens with one attached hydrogen (secondary N) is 2. The van der Waals surface area contributed by atoms with Crippen LogP contribution in [0.3, 0.4) is 0 Å². The Bertz CT molecular complexity index is 1350. The second kappa shape index (κ2) is 10.0. The molecule has 5 rings (SSSR count). The zero-order valence-corrected chi connectivity index (χ0v) is 20.5. The van der Waals surface area contributed by atoms with Crippen LogP contribution in [0.15, 0.2) is 24.7 Å². The molecule has 1 unspecified atom stereocenters. The van der Waals surface area contributed by atoms with Crippen LogP contribution in [0.4, 0.5) is 16.3 Å². The Morgan fingerprint density at radius 2 is 2.23 bits per heavy atom. The molecule has 1 amide bonds. The Morgan fingerprint density at radius 3 is 3.03 bits per heavy atom. The fourth-order valence-corrected chi connectivity index (χ4v) is 5.72. The van der Waals surface area contributed by atoms with Crippen LogP contribution in [0.25, 0.3) is 21.1 Å². The molecule has 11 heteroatoms. The maximum Gasteiger partial charge on any atom is 0.410 e. The molecule has 3 N–H and O–H groups in total. The normalized spacial score (nSPS) is 15.2. The summed E-state index contributed by atoms with van der Waals surface area (Å²) in [5.41, 5.74) is 2.92. The summed E-state index contributed by atoms with van der Waals surface area (Å²) >= 11 is 1.62. The highest BCUT2D eigenvalue weighted by atomic mass is 32.1. The second-order valence-corrected chi connectivity index (χ2v) is 9.41. The Morgan fingerprint density at radius 1 is 1.34 bits per heavy atom. The van der Waals surface area contributed by atoms with Crippen molar-refractivity contribution in [2.24, 2.45) is 0 Å². The first-order valence-electron chi connectivity index (χ1n) is 11.8. The van der Waals surface area contributed by atoms with Gasteiger partial charge in [-0.1, -0.05) is 0 Å². The number of hydrogen-bond donors (Lipinski definition) is 3. The van der Waals surface area contributed by atoms with Gasteiger partial charge < -0.3 is 24.8 Å². The van der Waals surface area contributed by atoms with E-state index >= 15 is 0 Å². The third-order valence-electron chi connectivity index (χ3n) is 6.17. The van der Waals surface area contributed by atoms with Crippen LogP contribution >= 0.6 is 11.3 Å². The van der Waals surface area contributed by atoms with Gasteiger partial charge in [-0.15, -0.1) is 11.3 Å². The molecule has 0 spiro atoms. The molecule has 4 aromatic rings. The van der Waals surface area contributed by atoms with Crippen molar-refractivity contribution in [2.75, 3.05) is 31.6 Å². The van der Waals surface area contributed by atoms with Gasteiger partial charge in [-0.3, -0.25) is 5.10 Å². The van der Waals surface area contributed by atoms with Crippen molar-refractivity contribution in [1.29, 1.82) is 0 Å². The largest absolute Gasteiger partial charge is 0.492 e. The Hall–Kier alpha value is -3.44. The number of nitrogens with zero attached hydrogens (tertiary/aromatic N) is 4. The number of benzene rings is 1. The summed E-state index contributed by atoms with van der Waals surface area (Å²) in [7, 11) is 0. The van der Waals surface area contributed by atoms with Gasteiger partial charge in [0.15, 0.2) is 0 Å². The van der Waals surface area contributed by atoms with E-state index in [0.29, 0.717) is 19.6 Å². The number of hydrogen-bond acceptors (Lipinski definition) is 9. The number of carbonyl (C=O) groups is 1. The molecule has 3 aromatic heterocycles. The van der Waals surface area contributed by atoms with Crippen LogP contribution in [0.1, 0.15) is 30.7 Å². The molecule has 184 valence electrons. The molecule has 0 fully saturated rings. The molecule has 0 radical (unpaired) electrons. The number of aryl methyl sites for hydroxylation is 1. The lowest BCUT2D eigenvalue weighted by Gasteiger charge is -2.26. The van der Waals surface area contributed by atoms with E-state index in [0.717, 1.165) is 56.1 Å². The molecule has 1 aromatic carbocycles. The number of aliphatic hydroxyl groups is 1. The number of anilines is 2. The van der Waals surface area contributed by atoms with Crippen molar-refractivity contribution in [2.45, 2.75) is 39.2 Å². The van der Waals surface area contributed by atoms with E-state index in [1.54, 1.807) is 23.9 Å². The number of amides is 1. The van der Waals surface area contributed by atoms with Crippen molar-refractivity contribution >= 4 is 50.1 Å². The number of rotatable bonds is 8. The summed E-state index contributed by atoms with van der Waals surface area (Å²) < 4.78 is 11.6. The van der Waals surface area contributed by atoms with E-state index in [4.69, 9.17) is 9.47 Å². The van der Waals surface area contributed by atoms with Crippen LogP contribution in [-0.2, 0) is 17.6 Å². The summed E-state index contributed by atoms with van der Waals surface area (Å²) in [6, 6.07) is 3.93. The van der Waals surface area contributed by atoms with E-state index in [1.807, 2.05) is 26.0 Å². The lowest BCUT2D eigenvalue weighted by molar-refractivity contribution is 0.0540. The second-order valence-electron chi connectivity index (χ2n) is 8.32. The highest BCUT2D eigenvalue weighted by Gasteiger charge is 2.28. The van der Waals surface area contributed by atoms with Gasteiger partial charge in [0.25, 0.3) is 0 Å². The summed E-state index contributed by atoms with van der Waals surface area (Å²) in [6.07, 6.45) is 4.89. The van der Waals surface area contributed by atoms with Crippen LogP contribution in [0, 0.1) is 0 Å². The van der Waals surface area contributed by atoms with Gasteiger partial charge in [0.2, 0.25) is 0 Å². The number of likely N-dealkylation sites (N-methyl/N-ethyl adjacent to an activating group) is 1. The van der Waals surface area contributed by atoms with Gasteiger partial charge in [-0.05, 0) is 38.3 Å². The van der Waals surface area contributed by atoms with E-state index in [9.17, 15) is 9.90 Å². The Labute approximate surface area is 206 Å². The molecule has 1 aliphatic carbocycles. The molecule has 0 saturated heterocycles. The molecule has 35 heavy (non-hydrogen) atoms. The van der Waals surface area contributed by atoms with Crippen molar-refractivity contribution < 1.29 is 19.4 Å². The van der Waals surface area contributed by atoms with Crippen molar-refractivity contribution in [3.05, 3.63) is 35.1 Å². The van der Waals surface area contributed by atoms with Crippen LogP contribution < -0.4 is 10.1 Å². The molecular weight excluding hydrogens is 468 g/mol. The van der Waals surface area contributed by atoms with Gasteiger partial charge in [-0.2, -0.15) is 5.10 Å². The van der Waals surface area contributed by atoms with E-state index in [1.165, 1.54) is 10.5 Å². The zero-order valence-electron chi connectivity index (χ0n) is 19.7. The fraction of sp³-hybridized carbons (Fsp3) is 0.417. The Kier molecular flexibility index (Phi) is 6.69. The first kappa shape index (κ1) is 23.3. The minimum atomic E-state index is -0.378. The molecule has 1 atom stereocenters. The third-order valence-corrected chi connectivity index (χ3v) is 7.33. The lowest BCUT2D eigenvalue weighted by Crippen LogP contribution is -2.37. The molecule has 3 heterocycles. The molecular formula is C24H28N6O4S. The molecule has 0 bridgehead atoms. The summed E-state index contributed by atoms with van der Waals surface area (Å²) in [4.78, 5) is 25.1. The predicted octanol–water partition coefficient (Wildman–Crippen LogP) is 4.02. The number of aromatic amines is 1. The molecule has 10 nitrogen and oxygen atoms in total. The summed E-state index contributed by atoms with van der Waals surface area (Å²) in [5.74, 6) is 1.45. The maximum absolute atomic E-state index is 12.5.